The number of para-hydroxylation sites is 1. The number of hydrogen-bond donors (Lipinski definition) is 2. The predicted molar refractivity (Wildman–Crippen MR) is 91.5 cm³/mol. The van der Waals surface area contributed by atoms with Crippen molar-refractivity contribution in [3.8, 4) is 0 Å². The molecule has 3 heterocycles. The summed E-state index contributed by atoms with van der Waals surface area (Å²) in [5.74, 6) is -1.70. The standard InChI is InChI=1S/C19H23N3O3/c1-9-7-6-8-11-14(9)20-17(25)19(11)13-12(10(2)21-19)15(23)22(16(13)24)18(3,4)5/h6-8,10,12-13,21H,1-5H3,(H,20,25)/p+1/t10-,12-,13+,19-/m1/s1. The van der Waals surface area contributed by atoms with Crippen molar-refractivity contribution in [3.05, 3.63) is 29.3 Å². The normalized spacial score (nSPS) is 33.9. The largest absolute Gasteiger partial charge is 0.326 e. The molecule has 4 atom stereocenters. The lowest BCUT2D eigenvalue weighted by atomic mass is 9.76. The van der Waals surface area contributed by atoms with Crippen molar-refractivity contribution in [1.82, 2.24) is 4.90 Å². The van der Waals surface area contributed by atoms with Gasteiger partial charge in [0.05, 0.1) is 11.7 Å². The predicted octanol–water partition coefficient (Wildman–Crippen LogP) is 0.508. The third kappa shape index (κ3) is 1.80. The summed E-state index contributed by atoms with van der Waals surface area (Å²) in [6, 6.07) is 5.62. The van der Waals surface area contributed by atoms with Crippen molar-refractivity contribution in [2.45, 2.75) is 51.7 Å². The number of nitrogens with two attached hydrogens (primary N) is 1. The number of carbonyl (C=O) groups excluding carboxylic acids is 3. The molecule has 1 spiro atoms. The van der Waals surface area contributed by atoms with Crippen LogP contribution in [0.3, 0.4) is 0 Å². The van der Waals surface area contributed by atoms with Crippen molar-refractivity contribution < 1.29 is 19.7 Å². The molecule has 3 amide bonds. The topological polar surface area (TPSA) is 83.1 Å². The van der Waals surface area contributed by atoms with E-state index in [4.69, 9.17) is 0 Å². The number of benzene rings is 1. The van der Waals surface area contributed by atoms with Gasteiger partial charge in [-0.1, -0.05) is 18.2 Å². The van der Waals surface area contributed by atoms with E-state index < -0.39 is 22.9 Å². The van der Waals surface area contributed by atoms with Gasteiger partial charge in [0.1, 0.15) is 11.8 Å². The van der Waals surface area contributed by atoms with E-state index >= 15 is 0 Å². The van der Waals surface area contributed by atoms with Crippen LogP contribution >= 0.6 is 0 Å². The fraction of sp³-hybridized carbons (Fsp3) is 0.526. The summed E-state index contributed by atoms with van der Waals surface area (Å²) in [5, 5.41) is 4.90. The van der Waals surface area contributed by atoms with E-state index in [1.165, 1.54) is 4.90 Å². The van der Waals surface area contributed by atoms with Crippen molar-refractivity contribution in [1.29, 1.82) is 0 Å². The number of likely N-dealkylation sites (tertiary alicyclic amines) is 1. The lowest BCUT2D eigenvalue weighted by molar-refractivity contribution is -0.730. The number of rotatable bonds is 0. The minimum Gasteiger partial charge on any atom is -0.326 e. The summed E-state index contributed by atoms with van der Waals surface area (Å²) < 4.78 is 0. The summed E-state index contributed by atoms with van der Waals surface area (Å²) in [6.07, 6.45) is 0. The van der Waals surface area contributed by atoms with E-state index in [0.29, 0.717) is 0 Å². The molecule has 6 nitrogen and oxygen atoms in total. The molecule has 1 aromatic carbocycles. The smallest absolute Gasteiger partial charge is 0.291 e. The van der Waals surface area contributed by atoms with Crippen LogP contribution in [0, 0.1) is 18.8 Å². The van der Waals surface area contributed by atoms with Gasteiger partial charge in [-0.25, -0.2) is 0 Å². The molecule has 0 saturated carbocycles. The number of nitrogens with zero attached hydrogens (tertiary/aromatic N) is 1. The molecule has 3 aliphatic rings. The lowest BCUT2D eigenvalue weighted by Crippen LogP contribution is -2.98. The van der Waals surface area contributed by atoms with Crippen LogP contribution in [0.25, 0.3) is 0 Å². The molecule has 25 heavy (non-hydrogen) atoms. The summed E-state index contributed by atoms with van der Waals surface area (Å²) >= 11 is 0. The molecule has 0 bridgehead atoms. The molecule has 2 saturated heterocycles. The molecular weight excluding hydrogens is 318 g/mol. The Bertz CT molecular complexity index is 826. The first-order valence-electron chi connectivity index (χ1n) is 8.76. The number of quaternary nitrogens is 1. The second-order valence-electron chi connectivity index (χ2n) is 8.53. The Morgan fingerprint density at radius 1 is 1.16 bits per heavy atom. The fourth-order valence-corrected chi connectivity index (χ4v) is 4.97. The Balaban J connectivity index is 1.93. The number of anilines is 1. The van der Waals surface area contributed by atoms with E-state index in [0.717, 1.165) is 16.8 Å². The molecule has 4 rings (SSSR count). The van der Waals surface area contributed by atoms with Crippen LogP contribution in [0.2, 0.25) is 0 Å². The van der Waals surface area contributed by atoms with E-state index in [1.807, 2.05) is 58.1 Å². The maximum atomic E-state index is 13.3. The molecule has 0 aromatic heterocycles. The Morgan fingerprint density at radius 2 is 1.84 bits per heavy atom. The Labute approximate surface area is 147 Å². The maximum Gasteiger partial charge on any atom is 0.291 e. The third-order valence-electron chi connectivity index (χ3n) is 5.94. The summed E-state index contributed by atoms with van der Waals surface area (Å²) in [5.41, 5.74) is 0.943. The van der Waals surface area contributed by atoms with Crippen LogP contribution < -0.4 is 10.6 Å². The highest BCUT2D eigenvalue weighted by molar-refractivity contribution is 6.14. The average Bonchev–Trinajstić information content (AvgIpc) is 3.05. The van der Waals surface area contributed by atoms with E-state index in [1.54, 1.807) is 0 Å². The van der Waals surface area contributed by atoms with Gasteiger partial charge >= 0.3 is 0 Å². The average molecular weight is 342 g/mol. The monoisotopic (exact) mass is 342 g/mol. The Morgan fingerprint density at radius 3 is 2.48 bits per heavy atom. The highest BCUT2D eigenvalue weighted by Gasteiger charge is 2.74. The van der Waals surface area contributed by atoms with Gasteiger partial charge in [0.2, 0.25) is 17.4 Å². The zero-order chi connectivity index (χ0) is 18.3. The molecule has 0 aliphatic carbocycles. The van der Waals surface area contributed by atoms with Crippen molar-refractivity contribution in [2.75, 3.05) is 5.32 Å². The zero-order valence-electron chi connectivity index (χ0n) is 15.2. The van der Waals surface area contributed by atoms with Crippen LogP contribution in [0.5, 0.6) is 0 Å². The number of amides is 3. The van der Waals surface area contributed by atoms with Crippen molar-refractivity contribution in [3.63, 3.8) is 0 Å². The van der Waals surface area contributed by atoms with E-state index in [9.17, 15) is 14.4 Å². The van der Waals surface area contributed by atoms with E-state index in [2.05, 4.69) is 5.32 Å². The minimum absolute atomic E-state index is 0.133. The van der Waals surface area contributed by atoms with Gasteiger partial charge in [0, 0.05) is 11.1 Å². The number of imide groups is 1. The van der Waals surface area contributed by atoms with Gasteiger partial charge in [0.25, 0.3) is 5.91 Å². The summed E-state index contributed by atoms with van der Waals surface area (Å²) in [7, 11) is 0. The van der Waals surface area contributed by atoms with Crippen LogP contribution in [0.1, 0.15) is 38.8 Å². The first-order valence-corrected chi connectivity index (χ1v) is 8.76. The Hall–Kier alpha value is -2.21. The van der Waals surface area contributed by atoms with Crippen LogP contribution in [0.15, 0.2) is 18.2 Å². The maximum absolute atomic E-state index is 13.3. The summed E-state index contributed by atoms with van der Waals surface area (Å²) in [4.78, 5) is 40.8. The number of aryl methyl sites for hydroxylation is 1. The van der Waals surface area contributed by atoms with Gasteiger partial charge in [-0.3, -0.25) is 19.3 Å². The highest BCUT2D eigenvalue weighted by atomic mass is 16.2. The van der Waals surface area contributed by atoms with Gasteiger partial charge in [-0.15, -0.1) is 0 Å². The van der Waals surface area contributed by atoms with Gasteiger partial charge in [-0.2, -0.15) is 0 Å². The molecule has 132 valence electrons. The fourth-order valence-electron chi connectivity index (χ4n) is 4.97. The summed E-state index contributed by atoms with van der Waals surface area (Å²) in [6.45, 7) is 9.45. The van der Waals surface area contributed by atoms with Crippen molar-refractivity contribution >= 4 is 23.4 Å². The molecule has 0 radical (unpaired) electrons. The SMILES string of the molecule is Cc1cccc2c1NC(=O)[C@@]21[NH2+][C@H](C)[C@H]2C(=O)N(C(C)(C)C)C(=O)[C@H]21. The zero-order valence-corrected chi connectivity index (χ0v) is 15.2. The van der Waals surface area contributed by atoms with Gasteiger partial charge in [0.15, 0.2) is 0 Å². The second-order valence-corrected chi connectivity index (χ2v) is 8.53. The second kappa shape index (κ2) is 4.69. The number of nitrogens with one attached hydrogen (secondary N) is 1. The van der Waals surface area contributed by atoms with Crippen LogP contribution in [-0.2, 0) is 19.9 Å². The quantitative estimate of drug-likeness (QED) is 0.674. The molecule has 3 N–H and O–H groups in total. The lowest BCUT2D eigenvalue weighted by Gasteiger charge is -2.33. The molecule has 2 fully saturated rings. The molecule has 1 aromatic rings. The first kappa shape index (κ1) is 16.3. The van der Waals surface area contributed by atoms with Gasteiger partial charge in [-0.05, 0) is 40.2 Å². The highest BCUT2D eigenvalue weighted by Crippen LogP contribution is 2.50. The first-order chi connectivity index (χ1) is 11.6. The number of fused-ring (bicyclic) bond motifs is 4. The minimum atomic E-state index is -1.04. The van der Waals surface area contributed by atoms with Crippen molar-refractivity contribution in [2.24, 2.45) is 11.8 Å². The van der Waals surface area contributed by atoms with Crippen LogP contribution in [-0.4, -0.2) is 34.2 Å². The van der Waals surface area contributed by atoms with E-state index in [-0.39, 0.29) is 23.8 Å². The van der Waals surface area contributed by atoms with Crippen LogP contribution in [0.4, 0.5) is 5.69 Å². The molecular formula is C19H24N3O3+. The Kier molecular flexibility index (Phi) is 3.06. The number of carbonyl (C=O) groups is 3. The molecule has 6 heteroatoms. The van der Waals surface area contributed by atoms with Gasteiger partial charge < -0.3 is 10.6 Å². The number of hydrogen-bond acceptors (Lipinski definition) is 3. The molecule has 3 aliphatic heterocycles. The molecule has 0 unspecified atom stereocenters. The third-order valence-corrected chi connectivity index (χ3v) is 5.94.